The van der Waals surface area contributed by atoms with Crippen molar-refractivity contribution >= 4 is 16.3 Å². The lowest BCUT2D eigenvalue weighted by atomic mass is 10.1. The first-order valence-electron chi connectivity index (χ1n) is 4.75. The van der Waals surface area contributed by atoms with Gasteiger partial charge in [-0.05, 0) is 0 Å². The Morgan fingerprint density at radius 1 is 1.47 bits per heavy atom. The molecule has 0 saturated carbocycles. The van der Waals surface area contributed by atoms with Gasteiger partial charge in [-0.15, -0.1) is 0 Å². The minimum absolute atomic E-state index is 0.00181. The fourth-order valence-electron chi connectivity index (χ4n) is 1.57. The molecule has 1 fully saturated rings. The van der Waals surface area contributed by atoms with Crippen LogP contribution in [-0.2, 0) is 9.47 Å². The van der Waals surface area contributed by atoms with Crippen LogP contribution in [-0.4, -0.2) is 60.2 Å². The summed E-state index contributed by atoms with van der Waals surface area (Å²) >= 11 is 0. The van der Waals surface area contributed by atoms with Gasteiger partial charge in [0.25, 0.3) is 0 Å². The number of rotatable bonds is 5. The van der Waals surface area contributed by atoms with Gasteiger partial charge in [0, 0.05) is 12.8 Å². The number of methoxy groups -OCH3 is 1. The number of hydrogen-bond donors (Lipinski definition) is 4. The SMILES string of the molecule is COC1O[C@H](C(C)PNBO)[C@@H](O)[C@H]1O. The first-order chi connectivity index (χ1) is 7.11. The van der Waals surface area contributed by atoms with E-state index in [4.69, 9.17) is 14.5 Å². The maximum Gasteiger partial charge on any atom is 0.361 e. The van der Waals surface area contributed by atoms with Crippen molar-refractivity contribution in [2.75, 3.05) is 7.11 Å². The smallest absolute Gasteiger partial charge is 0.361 e. The molecule has 1 aliphatic rings. The van der Waals surface area contributed by atoms with Gasteiger partial charge >= 0.3 is 7.62 Å². The van der Waals surface area contributed by atoms with Crippen LogP contribution in [0.2, 0.25) is 0 Å². The lowest BCUT2D eigenvalue weighted by Crippen LogP contribution is -2.37. The van der Waals surface area contributed by atoms with Gasteiger partial charge in [0.15, 0.2) is 6.29 Å². The highest BCUT2D eigenvalue weighted by molar-refractivity contribution is 7.38. The third-order valence-corrected chi connectivity index (χ3v) is 3.54. The third-order valence-electron chi connectivity index (χ3n) is 2.39. The van der Waals surface area contributed by atoms with Crippen LogP contribution in [0.15, 0.2) is 0 Å². The van der Waals surface area contributed by atoms with Crippen molar-refractivity contribution in [3.05, 3.63) is 0 Å². The molecule has 8 heteroatoms. The quantitative estimate of drug-likeness (QED) is 0.324. The van der Waals surface area contributed by atoms with Crippen LogP contribution in [0.25, 0.3) is 0 Å². The van der Waals surface area contributed by atoms with E-state index in [-0.39, 0.29) is 22.0 Å². The van der Waals surface area contributed by atoms with Crippen molar-refractivity contribution in [3.63, 3.8) is 0 Å². The van der Waals surface area contributed by atoms with E-state index in [2.05, 4.69) is 5.00 Å². The number of ether oxygens (including phenoxy) is 2. The van der Waals surface area contributed by atoms with Crippen molar-refractivity contribution in [1.29, 1.82) is 0 Å². The standard InChI is InChI=1S/C7H17BNO5P/c1-3(15-9-8-12)6-4(10)5(11)7(13-2)14-6/h3-12,15H,1-2H3/t3?,4-,5+,6+,7?/m0/s1. The maximum atomic E-state index is 9.69. The zero-order valence-electron chi connectivity index (χ0n) is 8.75. The Balaban J connectivity index is 2.48. The predicted octanol–water partition coefficient (Wildman–Crippen LogP) is -2.09. The van der Waals surface area contributed by atoms with Gasteiger partial charge < -0.3 is 29.7 Å². The van der Waals surface area contributed by atoms with E-state index in [9.17, 15) is 10.2 Å². The van der Waals surface area contributed by atoms with Gasteiger partial charge in [-0.25, -0.2) is 0 Å². The summed E-state index contributed by atoms with van der Waals surface area (Å²) in [7, 11) is 1.56. The molecule has 15 heavy (non-hydrogen) atoms. The van der Waals surface area contributed by atoms with Crippen molar-refractivity contribution in [2.24, 2.45) is 0 Å². The topological polar surface area (TPSA) is 91.2 Å². The van der Waals surface area contributed by atoms with Gasteiger partial charge in [-0.1, -0.05) is 15.7 Å². The first-order valence-corrected chi connectivity index (χ1v) is 5.83. The number of hydrogen-bond acceptors (Lipinski definition) is 6. The van der Waals surface area contributed by atoms with Crippen LogP contribution < -0.4 is 5.00 Å². The monoisotopic (exact) mass is 237 g/mol. The maximum absolute atomic E-state index is 9.69. The number of nitrogens with one attached hydrogen (secondary N) is 1. The highest BCUT2D eigenvalue weighted by Gasteiger charge is 2.45. The second kappa shape index (κ2) is 6.10. The number of aliphatic hydroxyl groups is 2. The Kier molecular flexibility index (Phi) is 5.42. The molecule has 0 aromatic rings. The van der Waals surface area contributed by atoms with Gasteiger partial charge in [0.05, 0.1) is 6.10 Å². The molecule has 6 atom stereocenters. The molecule has 1 rings (SSSR count). The Bertz CT molecular complexity index is 200. The molecule has 1 aliphatic heterocycles. The summed E-state index contributed by atoms with van der Waals surface area (Å²) in [6, 6.07) is 0. The fourth-order valence-corrected chi connectivity index (χ4v) is 2.42. The molecule has 4 N–H and O–H groups in total. The summed E-state index contributed by atoms with van der Waals surface area (Å²) in [6.07, 6.45) is -3.20. The van der Waals surface area contributed by atoms with Crippen molar-refractivity contribution in [3.8, 4) is 0 Å². The van der Waals surface area contributed by atoms with Gasteiger partial charge in [-0.3, -0.25) is 0 Å². The summed E-state index contributed by atoms with van der Waals surface area (Å²) in [4.78, 5) is 2.76. The summed E-state index contributed by atoms with van der Waals surface area (Å²) in [5.74, 6) is 0. The number of aliphatic hydroxyl groups excluding tert-OH is 2. The van der Waals surface area contributed by atoms with Gasteiger partial charge in [0.1, 0.15) is 12.2 Å². The average molecular weight is 237 g/mol. The van der Waals surface area contributed by atoms with Crippen LogP contribution in [0.1, 0.15) is 6.92 Å². The van der Waals surface area contributed by atoms with E-state index < -0.39 is 24.6 Å². The molecular weight excluding hydrogens is 220 g/mol. The van der Waals surface area contributed by atoms with E-state index in [1.54, 1.807) is 0 Å². The van der Waals surface area contributed by atoms with Crippen molar-refractivity contribution in [2.45, 2.75) is 37.2 Å². The average Bonchev–Trinajstić information content (AvgIpc) is 2.52. The largest absolute Gasteiger partial charge is 0.440 e. The molecule has 6 nitrogen and oxygen atoms in total. The van der Waals surface area contributed by atoms with Crippen LogP contribution in [0.5, 0.6) is 0 Å². The fraction of sp³-hybridized carbons (Fsp3) is 1.00. The van der Waals surface area contributed by atoms with Gasteiger partial charge in [-0.2, -0.15) is 0 Å². The normalized spacial score (nSPS) is 38.7. The van der Waals surface area contributed by atoms with Crippen LogP contribution in [0.4, 0.5) is 0 Å². The van der Waals surface area contributed by atoms with E-state index in [1.807, 2.05) is 6.92 Å². The highest BCUT2D eigenvalue weighted by atomic mass is 31.1. The highest BCUT2D eigenvalue weighted by Crippen LogP contribution is 2.30. The summed E-state index contributed by atoms with van der Waals surface area (Å²) < 4.78 is 10.2. The minimum Gasteiger partial charge on any atom is -0.440 e. The Labute approximate surface area is 91.1 Å². The zero-order chi connectivity index (χ0) is 11.4. The van der Waals surface area contributed by atoms with E-state index >= 15 is 0 Å². The molecule has 3 unspecified atom stereocenters. The molecular formula is C7H17BNO5P. The van der Waals surface area contributed by atoms with E-state index in [1.165, 1.54) is 7.11 Å². The molecule has 1 heterocycles. The van der Waals surface area contributed by atoms with Crippen molar-refractivity contribution < 1.29 is 24.7 Å². The van der Waals surface area contributed by atoms with E-state index in [0.29, 0.717) is 0 Å². The summed E-state index contributed by atoms with van der Waals surface area (Å²) in [5.41, 5.74) is 0.00181. The van der Waals surface area contributed by atoms with Gasteiger partial charge in [0.2, 0.25) is 0 Å². The minimum atomic E-state index is -1.01. The lowest BCUT2D eigenvalue weighted by molar-refractivity contribution is -0.148. The molecule has 0 bridgehead atoms. The van der Waals surface area contributed by atoms with Crippen LogP contribution in [0, 0.1) is 0 Å². The second-order valence-corrected chi connectivity index (χ2v) is 5.01. The summed E-state index contributed by atoms with van der Waals surface area (Å²) in [5, 5.41) is 27.8. The Morgan fingerprint density at radius 3 is 2.60 bits per heavy atom. The second-order valence-electron chi connectivity index (χ2n) is 3.45. The lowest BCUT2D eigenvalue weighted by Gasteiger charge is -2.21. The first kappa shape index (κ1) is 13.3. The van der Waals surface area contributed by atoms with Crippen molar-refractivity contribution in [1.82, 2.24) is 5.00 Å². The van der Waals surface area contributed by atoms with Crippen LogP contribution >= 0.6 is 8.73 Å². The Morgan fingerprint density at radius 2 is 2.13 bits per heavy atom. The molecule has 0 radical (unpaired) electrons. The third kappa shape index (κ3) is 3.11. The van der Waals surface area contributed by atoms with E-state index in [0.717, 1.165) is 0 Å². The zero-order valence-corrected chi connectivity index (χ0v) is 9.75. The Hall–Kier alpha value is 0.255. The summed E-state index contributed by atoms with van der Waals surface area (Å²) in [6.45, 7) is 1.87. The molecule has 1 saturated heterocycles. The molecule has 0 amide bonds. The molecule has 0 aromatic heterocycles. The van der Waals surface area contributed by atoms with Crippen LogP contribution in [0.3, 0.4) is 0 Å². The molecule has 88 valence electrons. The molecule has 0 spiro atoms. The molecule has 0 aliphatic carbocycles. The predicted molar refractivity (Wildman–Crippen MR) is 58.0 cm³/mol. The molecule has 0 aromatic carbocycles.